The molecule has 0 radical (unpaired) electrons. The summed E-state index contributed by atoms with van der Waals surface area (Å²) in [5.41, 5.74) is 7.17. The van der Waals surface area contributed by atoms with E-state index in [9.17, 15) is 4.79 Å². The SMILES string of the molecule is CC(C)(C)[C@H](N)C(=O)Nc1cccc2cn[nH]c12. The quantitative estimate of drug-likeness (QED) is 0.756. The number of nitrogens with one attached hydrogen (secondary N) is 2. The van der Waals surface area contributed by atoms with Crippen molar-refractivity contribution in [1.82, 2.24) is 10.2 Å². The number of benzene rings is 1. The van der Waals surface area contributed by atoms with Crippen molar-refractivity contribution in [2.45, 2.75) is 26.8 Å². The van der Waals surface area contributed by atoms with Crippen LogP contribution in [0.25, 0.3) is 10.9 Å². The summed E-state index contributed by atoms with van der Waals surface area (Å²) in [5.74, 6) is -0.190. The van der Waals surface area contributed by atoms with Crippen LogP contribution in [0, 0.1) is 5.41 Å². The highest BCUT2D eigenvalue weighted by molar-refractivity contribution is 6.02. The molecular formula is C13H18N4O. The van der Waals surface area contributed by atoms with Crippen LogP contribution < -0.4 is 11.1 Å². The Balaban J connectivity index is 2.24. The molecule has 1 atom stereocenters. The summed E-state index contributed by atoms with van der Waals surface area (Å²) in [6.07, 6.45) is 1.72. The van der Waals surface area contributed by atoms with E-state index in [1.807, 2.05) is 39.0 Å². The van der Waals surface area contributed by atoms with Crippen LogP contribution in [0.15, 0.2) is 24.4 Å². The molecule has 0 spiro atoms. The van der Waals surface area contributed by atoms with Crippen molar-refractivity contribution < 1.29 is 4.79 Å². The van der Waals surface area contributed by atoms with E-state index in [-0.39, 0.29) is 11.3 Å². The lowest BCUT2D eigenvalue weighted by Crippen LogP contribution is -2.45. The van der Waals surface area contributed by atoms with E-state index in [1.165, 1.54) is 0 Å². The Morgan fingerprint density at radius 3 is 2.83 bits per heavy atom. The van der Waals surface area contributed by atoms with Gasteiger partial charge < -0.3 is 11.1 Å². The minimum Gasteiger partial charge on any atom is -0.323 e. The summed E-state index contributed by atoms with van der Waals surface area (Å²) in [7, 11) is 0. The summed E-state index contributed by atoms with van der Waals surface area (Å²) in [6.45, 7) is 5.82. The van der Waals surface area contributed by atoms with Crippen LogP contribution in [0.5, 0.6) is 0 Å². The molecule has 5 heteroatoms. The molecule has 1 aromatic carbocycles. The highest BCUT2D eigenvalue weighted by atomic mass is 16.2. The molecule has 2 rings (SSSR count). The summed E-state index contributed by atoms with van der Waals surface area (Å²) in [5, 5.41) is 10.6. The summed E-state index contributed by atoms with van der Waals surface area (Å²) < 4.78 is 0. The topological polar surface area (TPSA) is 83.8 Å². The maximum absolute atomic E-state index is 12.1. The number of hydrogen-bond donors (Lipinski definition) is 3. The zero-order chi connectivity index (χ0) is 13.3. The van der Waals surface area contributed by atoms with Crippen LogP contribution in [0.2, 0.25) is 0 Å². The number of fused-ring (bicyclic) bond motifs is 1. The number of nitrogens with zero attached hydrogens (tertiary/aromatic N) is 1. The van der Waals surface area contributed by atoms with Crippen molar-refractivity contribution in [3.63, 3.8) is 0 Å². The van der Waals surface area contributed by atoms with E-state index in [0.717, 1.165) is 10.9 Å². The molecule has 5 nitrogen and oxygen atoms in total. The Hall–Kier alpha value is -1.88. The molecule has 1 heterocycles. The number of amides is 1. The average molecular weight is 246 g/mol. The van der Waals surface area contributed by atoms with Crippen LogP contribution in [0.3, 0.4) is 0 Å². The van der Waals surface area contributed by atoms with Crippen molar-refractivity contribution >= 4 is 22.5 Å². The van der Waals surface area contributed by atoms with Crippen LogP contribution in [0.4, 0.5) is 5.69 Å². The third-order valence-electron chi connectivity index (χ3n) is 2.95. The number of carbonyl (C=O) groups is 1. The smallest absolute Gasteiger partial charge is 0.241 e. The third-order valence-corrected chi connectivity index (χ3v) is 2.95. The van der Waals surface area contributed by atoms with Gasteiger partial charge in [0.1, 0.15) is 0 Å². The molecule has 0 saturated heterocycles. The number of hydrogen-bond acceptors (Lipinski definition) is 3. The van der Waals surface area contributed by atoms with E-state index in [2.05, 4.69) is 15.5 Å². The molecule has 0 saturated carbocycles. The lowest BCUT2D eigenvalue weighted by molar-refractivity contribution is -0.119. The van der Waals surface area contributed by atoms with Crippen LogP contribution in [0.1, 0.15) is 20.8 Å². The van der Waals surface area contributed by atoms with Crippen LogP contribution in [-0.4, -0.2) is 22.1 Å². The second-order valence-corrected chi connectivity index (χ2v) is 5.47. The van der Waals surface area contributed by atoms with Crippen molar-refractivity contribution in [2.75, 3.05) is 5.32 Å². The Bertz CT molecular complexity index is 568. The number of aromatic amines is 1. The van der Waals surface area contributed by atoms with Gasteiger partial charge >= 0.3 is 0 Å². The largest absolute Gasteiger partial charge is 0.323 e. The molecule has 4 N–H and O–H groups in total. The Morgan fingerprint density at radius 1 is 1.44 bits per heavy atom. The number of carbonyl (C=O) groups excluding carboxylic acids is 1. The molecule has 2 aromatic rings. The number of anilines is 1. The molecular weight excluding hydrogens is 228 g/mol. The molecule has 0 unspecified atom stereocenters. The Kier molecular flexibility index (Phi) is 3.09. The molecule has 18 heavy (non-hydrogen) atoms. The van der Waals surface area contributed by atoms with E-state index >= 15 is 0 Å². The second-order valence-electron chi connectivity index (χ2n) is 5.47. The fourth-order valence-electron chi connectivity index (χ4n) is 1.68. The molecule has 96 valence electrons. The first-order valence-corrected chi connectivity index (χ1v) is 5.88. The number of rotatable bonds is 2. The zero-order valence-corrected chi connectivity index (χ0v) is 10.8. The first-order valence-electron chi connectivity index (χ1n) is 5.88. The molecule has 0 aliphatic heterocycles. The van der Waals surface area contributed by atoms with Gasteiger partial charge in [-0.1, -0.05) is 32.9 Å². The fourth-order valence-corrected chi connectivity index (χ4v) is 1.68. The minimum atomic E-state index is -0.560. The van der Waals surface area contributed by atoms with Crippen LogP contribution >= 0.6 is 0 Å². The zero-order valence-electron chi connectivity index (χ0n) is 10.8. The van der Waals surface area contributed by atoms with Gasteiger partial charge in [-0.25, -0.2) is 0 Å². The maximum Gasteiger partial charge on any atom is 0.241 e. The lowest BCUT2D eigenvalue weighted by Gasteiger charge is -2.25. The predicted octanol–water partition coefficient (Wildman–Crippen LogP) is 1.87. The average Bonchev–Trinajstić information content (AvgIpc) is 2.75. The first kappa shape index (κ1) is 12.6. The van der Waals surface area contributed by atoms with E-state index in [1.54, 1.807) is 6.20 Å². The van der Waals surface area contributed by atoms with Gasteiger partial charge in [-0.2, -0.15) is 5.10 Å². The Morgan fingerprint density at radius 2 is 2.17 bits per heavy atom. The normalized spacial score (nSPS) is 13.6. The van der Waals surface area contributed by atoms with Crippen LogP contribution in [-0.2, 0) is 4.79 Å². The van der Waals surface area contributed by atoms with Gasteiger partial charge in [0.15, 0.2) is 0 Å². The minimum absolute atomic E-state index is 0.190. The molecule has 0 fully saturated rings. The maximum atomic E-state index is 12.1. The summed E-state index contributed by atoms with van der Waals surface area (Å²) in [4.78, 5) is 12.1. The summed E-state index contributed by atoms with van der Waals surface area (Å²) >= 11 is 0. The fraction of sp³-hybridized carbons (Fsp3) is 0.385. The highest BCUT2D eigenvalue weighted by Gasteiger charge is 2.27. The van der Waals surface area contributed by atoms with Crippen molar-refractivity contribution in [2.24, 2.45) is 11.1 Å². The number of aromatic nitrogens is 2. The molecule has 0 aliphatic rings. The van der Waals surface area contributed by atoms with Gasteiger partial charge in [-0.05, 0) is 11.5 Å². The number of para-hydroxylation sites is 1. The van der Waals surface area contributed by atoms with Crippen molar-refractivity contribution in [1.29, 1.82) is 0 Å². The molecule has 1 amide bonds. The molecule has 0 bridgehead atoms. The molecule has 0 aliphatic carbocycles. The van der Waals surface area contributed by atoms with Gasteiger partial charge in [0.25, 0.3) is 0 Å². The number of nitrogens with two attached hydrogens (primary N) is 1. The lowest BCUT2D eigenvalue weighted by atomic mass is 9.87. The van der Waals surface area contributed by atoms with Gasteiger partial charge in [0.2, 0.25) is 5.91 Å². The summed E-state index contributed by atoms with van der Waals surface area (Å²) in [6, 6.07) is 5.07. The second kappa shape index (κ2) is 4.42. The van der Waals surface area contributed by atoms with Gasteiger partial charge in [-0.15, -0.1) is 0 Å². The van der Waals surface area contributed by atoms with Gasteiger partial charge in [0, 0.05) is 5.39 Å². The van der Waals surface area contributed by atoms with E-state index in [4.69, 9.17) is 5.73 Å². The standard InChI is InChI=1S/C13H18N4O/c1-13(2,3)11(14)12(18)16-9-6-4-5-8-7-15-17-10(8)9/h4-7,11H,14H2,1-3H3,(H,15,17)(H,16,18)/t11-/m1/s1. The Labute approximate surface area is 106 Å². The highest BCUT2D eigenvalue weighted by Crippen LogP contribution is 2.23. The monoisotopic (exact) mass is 246 g/mol. The van der Waals surface area contributed by atoms with Gasteiger partial charge in [-0.3, -0.25) is 9.89 Å². The first-order chi connectivity index (χ1) is 8.39. The van der Waals surface area contributed by atoms with E-state index in [0.29, 0.717) is 5.69 Å². The van der Waals surface area contributed by atoms with Crippen molar-refractivity contribution in [3.8, 4) is 0 Å². The third kappa shape index (κ3) is 2.36. The van der Waals surface area contributed by atoms with Crippen molar-refractivity contribution in [3.05, 3.63) is 24.4 Å². The molecule has 1 aromatic heterocycles. The number of H-pyrrole nitrogens is 1. The van der Waals surface area contributed by atoms with E-state index < -0.39 is 6.04 Å². The van der Waals surface area contributed by atoms with Gasteiger partial charge in [0.05, 0.1) is 23.4 Å². The predicted molar refractivity (Wildman–Crippen MR) is 72.2 cm³/mol.